The van der Waals surface area contributed by atoms with Crippen LogP contribution in [0.25, 0.3) is 10.2 Å². The summed E-state index contributed by atoms with van der Waals surface area (Å²) >= 11 is 2.99. The number of thioether (sulfide) groups is 1. The smallest absolute Gasteiger partial charge is 0.263 e. The van der Waals surface area contributed by atoms with Gasteiger partial charge in [-0.1, -0.05) is 36.0 Å². The zero-order chi connectivity index (χ0) is 22.8. The number of hydrogen-bond donors (Lipinski definition) is 1. The van der Waals surface area contributed by atoms with Gasteiger partial charge in [-0.25, -0.2) is 4.98 Å². The average molecular weight is 484 g/mol. The topological polar surface area (TPSA) is 73.2 Å². The summed E-state index contributed by atoms with van der Waals surface area (Å²) in [7, 11) is 1.63. The van der Waals surface area contributed by atoms with Gasteiger partial charge >= 0.3 is 0 Å². The Morgan fingerprint density at radius 1 is 1.24 bits per heavy atom. The predicted octanol–water partition coefficient (Wildman–Crippen LogP) is 4.27. The number of aromatic nitrogens is 2. The van der Waals surface area contributed by atoms with Crippen LogP contribution in [0.4, 0.5) is 0 Å². The van der Waals surface area contributed by atoms with Gasteiger partial charge in [-0.15, -0.1) is 11.3 Å². The fourth-order valence-corrected chi connectivity index (χ4v) is 7.12. The van der Waals surface area contributed by atoms with Crippen LogP contribution in [-0.4, -0.2) is 34.9 Å². The highest BCUT2D eigenvalue weighted by atomic mass is 32.2. The van der Waals surface area contributed by atoms with Gasteiger partial charge in [0.05, 0.1) is 30.3 Å². The number of rotatable bonds is 7. The number of aryl methyl sites for hydroxylation is 3. The molecule has 1 aromatic carbocycles. The Morgan fingerprint density at radius 2 is 2.09 bits per heavy atom. The van der Waals surface area contributed by atoms with Crippen LogP contribution in [0.2, 0.25) is 0 Å². The standard InChI is InChI=1S/C25H29N3O3S2/c1-31-14-13-28-24(30)22-18-10-4-5-12-20(18)33-23(22)27-25(28)32-15-21(29)26-19-11-6-8-16-7-2-3-9-17(16)19/h2-3,7,9,19H,4-6,8,10-15H2,1H3,(H,26,29)/t19-/m0/s1. The number of benzene rings is 1. The fraction of sp³-hybridized carbons (Fsp3) is 0.480. The van der Waals surface area contributed by atoms with Crippen LogP contribution in [0.3, 0.4) is 0 Å². The molecule has 2 aliphatic rings. The van der Waals surface area contributed by atoms with E-state index in [1.54, 1.807) is 23.0 Å². The maximum Gasteiger partial charge on any atom is 0.263 e. The van der Waals surface area contributed by atoms with E-state index in [0.717, 1.165) is 48.7 Å². The molecule has 6 nitrogen and oxygen atoms in total. The highest BCUT2D eigenvalue weighted by Gasteiger charge is 2.24. The SMILES string of the molecule is COCCn1c(SCC(=O)N[C@H]2CCCc3ccccc32)nc2sc3c(c2c1=O)CCCC3. The lowest BCUT2D eigenvalue weighted by Gasteiger charge is -2.26. The zero-order valence-corrected chi connectivity index (χ0v) is 20.5. The van der Waals surface area contributed by atoms with Crippen LogP contribution in [0.1, 0.15) is 53.3 Å². The van der Waals surface area contributed by atoms with Crippen molar-refractivity contribution in [2.45, 2.75) is 62.7 Å². The summed E-state index contributed by atoms with van der Waals surface area (Å²) in [5, 5.41) is 4.58. The molecule has 0 bridgehead atoms. The molecule has 174 valence electrons. The summed E-state index contributed by atoms with van der Waals surface area (Å²) in [6, 6.07) is 8.41. The van der Waals surface area contributed by atoms with Crippen molar-refractivity contribution in [3.63, 3.8) is 0 Å². The molecule has 33 heavy (non-hydrogen) atoms. The molecular formula is C25H29N3O3S2. The van der Waals surface area contributed by atoms with Crippen LogP contribution in [0, 0.1) is 0 Å². The molecule has 0 spiro atoms. The average Bonchev–Trinajstić information content (AvgIpc) is 3.21. The highest BCUT2D eigenvalue weighted by molar-refractivity contribution is 7.99. The van der Waals surface area contributed by atoms with Crippen molar-refractivity contribution < 1.29 is 9.53 Å². The number of methoxy groups -OCH3 is 1. The lowest BCUT2D eigenvalue weighted by atomic mass is 9.88. The molecule has 0 fully saturated rings. The van der Waals surface area contributed by atoms with E-state index in [-0.39, 0.29) is 23.3 Å². The number of fused-ring (bicyclic) bond motifs is 4. The van der Waals surface area contributed by atoms with Crippen molar-refractivity contribution >= 4 is 39.2 Å². The minimum atomic E-state index is -0.0279. The molecule has 5 rings (SSSR count). The van der Waals surface area contributed by atoms with Crippen LogP contribution >= 0.6 is 23.1 Å². The maximum atomic E-state index is 13.4. The van der Waals surface area contributed by atoms with Crippen LogP contribution in [0.5, 0.6) is 0 Å². The number of thiophene rings is 1. The molecule has 0 aliphatic heterocycles. The van der Waals surface area contributed by atoms with E-state index >= 15 is 0 Å². The molecule has 1 amide bonds. The molecule has 0 saturated heterocycles. The van der Waals surface area contributed by atoms with Crippen molar-refractivity contribution in [3.05, 3.63) is 56.2 Å². The number of hydrogen-bond acceptors (Lipinski definition) is 6. The first-order valence-electron chi connectivity index (χ1n) is 11.7. The number of carbonyl (C=O) groups is 1. The fourth-order valence-electron chi connectivity index (χ4n) is 4.98. The number of nitrogens with one attached hydrogen (secondary N) is 1. The number of nitrogens with zero attached hydrogens (tertiary/aromatic N) is 2. The summed E-state index contributed by atoms with van der Waals surface area (Å²) in [4.78, 5) is 33.3. The molecule has 1 N–H and O–H groups in total. The molecule has 3 aromatic rings. The second-order valence-electron chi connectivity index (χ2n) is 8.73. The first-order chi connectivity index (χ1) is 16.2. The lowest BCUT2D eigenvalue weighted by Crippen LogP contribution is -2.32. The normalized spacial score (nSPS) is 17.5. The molecule has 0 saturated carbocycles. The second-order valence-corrected chi connectivity index (χ2v) is 10.8. The third kappa shape index (κ3) is 4.61. The van der Waals surface area contributed by atoms with Gasteiger partial charge in [0.15, 0.2) is 5.16 Å². The summed E-state index contributed by atoms with van der Waals surface area (Å²) in [6.07, 6.45) is 7.37. The van der Waals surface area contributed by atoms with Crippen molar-refractivity contribution in [2.75, 3.05) is 19.5 Å². The van der Waals surface area contributed by atoms with E-state index in [9.17, 15) is 9.59 Å². The monoisotopic (exact) mass is 483 g/mol. The Hall–Kier alpha value is -2.16. The van der Waals surface area contributed by atoms with Gasteiger partial charge in [0.1, 0.15) is 4.83 Å². The van der Waals surface area contributed by atoms with Crippen LogP contribution < -0.4 is 10.9 Å². The van der Waals surface area contributed by atoms with Gasteiger partial charge in [-0.05, 0) is 61.6 Å². The molecule has 2 aromatic heterocycles. The Balaban J connectivity index is 1.37. The Morgan fingerprint density at radius 3 is 2.97 bits per heavy atom. The Labute approximate surface area is 201 Å². The maximum absolute atomic E-state index is 13.4. The van der Waals surface area contributed by atoms with Gasteiger partial charge in [0.25, 0.3) is 5.56 Å². The Kier molecular flexibility index (Phi) is 6.85. The van der Waals surface area contributed by atoms with Gasteiger partial charge < -0.3 is 10.1 Å². The molecule has 2 heterocycles. The molecule has 2 aliphatic carbocycles. The lowest BCUT2D eigenvalue weighted by molar-refractivity contribution is -0.119. The van der Waals surface area contributed by atoms with Crippen molar-refractivity contribution in [1.29, 1.82) is 0 Å². The van der Waals surface area contributed by atoms with Gasteiger partial charge in [0.2, 0.25) is 5.91 Å². The number of carbonyl (C=O) groups excluding carboxylic acids is 1. The van der Waals surface area contributed by atoms with Gasteiger partial charge in [-0.2, -0.15) is 0 Å². The summed E-state index contributed by atoms with van der Waals surface area (Å²) in [5.74, 6) is 0.203. The number of ether oxygens (including phenoxy) is 1. The van der Waals surface area contributed by atoms with Crippen molar-refractivity contribution in [1.82, 2.24) is 14.9 Å². The largest absolute Gasteiger partial charge is 0.383 e. The molecule has 0 radical (unpaired) electrons. The van der Waals surface area contributed by atoms with E-state index in [2.05, 4.69) is 23.5 Å². The van der Waals surface area contributed by atoms with Crippen LogP contribution in [-0.2, 0) is 35.3 Å². The van der Waals surface area contributed by atoms with Crippen molar-refractivity contribution in [3.8, 4) is 0 Å². The summed E-state index contributed by atoms with van der Waals surface area (Å²) in [5.41, 5.74) is 3.74. The number of amides is 1. The van der Waals surface area contributed by atoms with Crippen LogP contribution in [0.15, 0.2) is 34.2 Å². The minimum absolute atomic E-state index is 0.000524. The Bertz CT molecular complexity index is 1230. The summed E-state index contributed by atoms with van der Waals surface area (Å²) < 4.78 is 6.94. The molecule has 1 atom stereocenters. The van der Waals surface area contributed by atoms with E-state index in [4.69, 9.17) is 9.72 Å². The van der Waals surface area contributed by atoms with Gasteiger partial charge in [0, 0.05) is 12.0 Å². The second kappa shape index (κ2) is 9.99. The molecular weight excluding hydrogens is 454 g/mol. The first-order valence-corrected chi connectivity index (χ1v) is 13.5. The van der Waals surface area contributed by atoms with Gasteiger partial charge in [-0.3, -0.25) is 14.2 Å². The molecule has 8 heteroatoms. The third-order valence-corrected chi connectivity index (χ3v) is 8.76. The van der Waals surface area contributed by atoms with E-state index in [1.165, 1.54) is 39.8 Å². The summed E-state index contributed by atoms with van der Waals surface area (Å²) in [6.45, 7) is 0.862. The zero-order valence-electron chi connectivity index (χ0n) is 18.9. The first kappa shape index (κ1) is 22.6. The minimum Gasteiger partial charge on any atom is -0.383 e. The highest BCUT2D eigenvalue weighted by Crippen LogP contribution is 2.35. The third-order valence-electron chi connectivity index (χ3n) is 6.60. The van der Waals surface area contributed by atoms with E-state index in [0.29, 0.717) is 18.3 Å². The molecule has 0 unspecified atom stereocenters. The van der Waals surface area contributed by atoms with E-state index in [1.807, 2.05) is 6.07 Å². The van der Waals surface area contributed by atoms with Crippen molar-refractivity contribution in [2.24, 2.45) is 0 Å². The quantitative estimate of drug-likeness (QED) is 0.401. The van der Waals surface area contributed by atoms with E-state index < -0.39 is 0 Å². The predicted molar refractivity (Wildman–Crippen MR) is 133 cm³/mol.